The van der Waals surface area contributed by atoms with Crippen LogP contribution in [0.15, 0.2) is 23.4 Å². The lowest BCUT2D eigenvalue weighted by molar-refractivity contribution is 0.399. The van der Waals surface area contributed by atoms with Crippen molar-refractivity contribution in [1.82, 2.24) is 19.9 Å². The van der Waals surface area contributed by atoms with Gasteiger partial charge >= 0.3 is 5.16 Å². The molecule has 0 fully saturated rings. The Hall–Kier alpha value is -2.32. The molecule has 0 aromatic carbocycles. The van der Waals surface area contributed by atoms with E-state index in [0.717, 1.165) is 0 Å². The van der Waals surface area contributed by atoms with Crippen LogP contribution < -0.4 is 9.47 Å². The van der Waals surface area contributed by atoms with Gasteiger partial charge in [-0.05, 0) is 19.9 Å². The summed E-state index contributed by atoms with van der Waals surface area (Å²) in [7, 11) is -1.45. The number of H-pyrrole nitrogens is 1. The molecule has 126 valence electrons. The summed E-state index contributed by atoms with van der Waals surface area (Å²) in [4.78, 5) is 12.8. The fraction of sp³-hybridized carbons (Fsp3) is 0.312. The molecule has 0 saturated heterocycles. The van der Waals surface area contributed by atoms with E-state index < -0.39 is 18.2 Å². The van der Waals surface area contributed by atoms with Crippen LogP contribution in [0.3, 0.4) is 0 Å². The van der Waals surface area contributed by atoms with Gasteiger partial charge in [0.15, 0.2) is 12.8 Å². The predicted molar refractivity (Wildman–Crippen MR) is 90.8 cm³/mol. The summed E-state index contributed by atoms with van der Waals surface area (Å²) in [5, 5.41) is -0.241. The smallest absolute Gasteiger partial charge is 0.323 e. The number of hydrogen-bond acceptors (Lipinski definition) is 6. The van der Waals surface area contributed by atoms with Gasteiger partial charge in [-0.3, -0.25) is 9.96 Å². The van der Waals surface area contributed by atoms with E-state index in [9.17, 15) is 4.55 Å². The third-order valence-electron chi connectivity index (χ3n) is 3.36. The number of pyridine rings is 2. The fourth-order valence-electron chi connectivity index (χ4n) is 2.09. The normalized spacial score (nSPS) is 17.1. The van der Waals surface area contributed by atoms with Crippen LogP contribution in [0.4, 0.5) is 0 Å². The molecule has 0 radical (unpaired) electrons. The maximum Gasteiger partial charge on any atom is 0.323 e. The quantitative estimate of drug-likeness (QED) is 0.707. The Labute approximate surface area is 152 Å². The van der Waals surface area contributed by atoms with Gasteiger partial charge in [-0.2, -0.15) is 9.97 Å². The number of imidazole rings is 1. The molecule has 1 atom stereocenters. The highest BCUT2D eigenvalue weighted by atomic mass is 32.2. The minimum Gasteiger partial charge on any atom is -0.609 e. The average Bonchev–Trinajstić information content (AvgIpc) is 3.01. The third-order valence-corrected chi connectivity index (χ3v) is 4.48. The summed E-state index contributed by atoms with van der Waals surface area (Å²) >= 11 is -1.96. The number of nitrogens with zero attached hydrogens (tertiary/aromatic N) is 3. The number of hydrogen-bond donors (Lipinski definition) is 1. The average molecular weight is 353 g/mol. The molecule has 24 heavy (non-hydrogen) atoms. The van der Waals surface area contributed by atoms with E-state index in [1.54, 1.807) is 0 Å². The second kappa shape index (κ2) is 6.66. The molecule has 8 heteroatoms. The second-order valence-corrected chi connectivity index (χ2v) is 6.24. The van der Waals surface area contributed by atoms with Crippen LogP contribution in [0.2, 0.25) is 1.41 Å². The highest BCUT2D eigenvalue weighted by molar-refractivity contribution is 7.90. The van der Waals surface area contributed by atoms with E-state index in [1.165, 1.54) is 21.0 Å². The molecule has 0 saturated carbocycles. The number of methoxy groups -OCH3 is 2. The van der Waals surface area contributed by atoms with Crippen molar-refractivity contribution >= 4 is 22.3 Å². The molecule has 0 bridgehead atoms. The maximum absolute atomic E-state index is 13.0. The molecule has 0 spiro atoms. The lowest BCUT2D eigenvalue weighted by Crippen LogP contribution is -2.10. The molecule has 3 heterocycles. The van der Waals surface area contributed by atoms with Gasteiger partial charge in [-0.1, -0.05) is 0 Å². The van der Waals surface area contributed by atoms with E-state index in [0.29, 0.717) is 10.5 Å². The van der Waals surface area contributed by atoms with Gasteiger partial charge < -0.3 is 14.0 Å². The van der Waals surface area contributed by atoms with Gasteiger partial charge in [0, 0.05) is 34.5 Å². The van der Waals surface area contributed by atoms with Crippen LogP contribution in [-0.4, -0.2) is 38.6 Å². The monoisotopic (exact) mass is 353 g/mol. The third kappa shape index (κ3) is 3.02. The van der Waals surface area contributed by atoms with Crippen molar-refractivity contribution in [2.24, 2.45) is 0 Å². The first-order valence-electron chi connectivity index (χ1n) is 10.3. The number of aromatic nitrogens is 4. The number of ether oxygens (including phenoxy) is 2. The number of aromatic amines is 1. The van der Waals surface area contributed by atoms with Gasteiger partial charge in [0.05, 0.1) is 33.6 Å². The van der Waals surface area contributed by atoms with E-state index in [2.05, 4.69) is 15.0 Å². The summed E-state index contributed by atoms with van der Waals surface area (Å²) < 4.78 is 77.0. The summed E-state index contributed by atoms with van der Waals surface area (Å²) in [5.41, 5.74) is 0.514. The largest absolute Gasteiger partial charge is 0.609 e. The molecule has 0 aliphatic rings. The number of nitrogens with one attached hydrogen (secondary N) is 1. The van der Waals surface area contributed by atoms with Gasteiger partial charge in [0.1, 0.15) is 5.75 Å². The van der Waals surface area contributed by atoms with E-state index in [-0.39, 0.29) is 63.2 Å². The van der Waals surface area contributed by atoms with Crippen molar-refractivity contribution in [2.75, 3.05) is 14.1 Å². The summed E-state index contributed by atoms with van der Waals surface area (Å²) in [6, 6.07) is -0.680. The molecule has 7 nitrogen and oxygen atoms in total. The minimum atomic E-state index is -2.74. The van der Waals surface area contributed by atoms with Crippen LogP contribution >= 0.6 is 0 Å². The zero-order valence-corrected chi connectivity index (χ0v) is 13.9. The fourth-order valence-corrected chi connectivity index (χ4v) is 3.13. The number of fused-ring (bicyclic) bond motifs is 1. The summed E-state index contributed by atoms with van der Waals surface area (Å²) in [5.74, 6) is -0.463. The minimum absolute atomic E-state index is 0.0370. The molecule has 3 rings (SSSR count). The molecule has 3 aromatic heterocycles. The first kappa shape index (κ1) is 9.85. The SMILES string of the molecule is [2H]c1nc(C[S+]([O-])c2nc3nc(OC)c([2H])c([2H])c3n2[2H])c(C)c(OC([2H])([2H])[2H])c1C. The lowest BCUT2D eigenvalue weighted by Gasteiger charge is -2.13. The van der Waals surface area contributed by atoms with Crippen molar-refractivity contribution in [3.05, 3.63) is 35.1 Å². The van der Waals surface area contributed by atoms with Gasteiger partial charge in [0.25, 0.3) is 0 Å². The zero-order chi connectivity index (χ0) is 23.2. The van der Waals surface area contributed by atoms with Crippen LogP contribution in [0.1, 0.15) is 25.0 Å². The molecule has 0 amide bonds. The van der Waals surface area contributed by atoms with E-state index in [1.807, 2.05) is 0 Å². The molecule has 0 aliphatic carbocycles. The van der Waals surface area contributed by atoms with E-state index >= 15 is 0 Å². The molecule has 1 unspecified atom stereocenters. The van der Waals surface area contributed by atoms with Crippen LogP contribution in [0.5, 0.6) is 11.6 Å². The Morgan fingerprint density at radius 1 is 1.38 bits per heavy atom. The molecular weight excluding hydrogens is 328 g/mol. The Balaban J connectivity index is 2.04. The Morgan fingerprint density at radius 2 is 2.21 bits per heavy atom. The van der Waals surface area contributed by atoms with Crippen molar-refractivity contribution in [3.63, 3.8) is 0 Å². The maximum atomic E-state index is 13.0. The predicted octanol–water partition coefficient (Wildman–Crippen LogP) is 2.29. The van der Waals surface area contributed by atoms with Gasteiger partial charge in [-0.25, -0.2) is 0 Å². The highest BCUT2D eigenvalue weighted by Gasteiger charge is 2.21. The number of rotatable bonds is 5. The second-order valence-electron chi connectivity index (χ2n) is 4.89. The highest BCUT2D eigenvalue weighted by Crippen LogP contribution is 2.26. The Bertz CT molecular complexity index is 1170. The standard InChI is InChI=1S/C16H18N4O3S/c1-9-7-17-12(10(2)14(9)23-4)8-24(21)16-18-11-5-6-13(22-3)19-15(11)20-16/h5-7H,8H2,1-4H3,(H,18,19,20)/i4D3,5D,6D,7D/hD. The Kier molecular flexibility index (Phi) is 2.73. The summed E-state index contributed by atoms with van der Waals surface area (Å²) in [6.45, 7) is 3.04. The van der Waals surface area contributed by atoms with Crippen LogP contribution in [-0.2, 0) is 16.9 Å². The van der Waals surface area contributed by atoms with Gasteiger partial charge in [-0.15, -0.1) is 0 Å². The Morgan fingerprint density at radius 3 is 2.96 bits per heavy atom. The van der Waals surface area contributed by atoms with E-state index in [4.69, 9.17) is 19.1 Å². The van der Waals surface area contributed by atoms with Crippen LogP contribution in [0.25, 0.3) is 11.2 Å². The molecule has 0 aliphatic heterocycles. The van der Waals surface area contributed by atoms with Crippen molar-refractivity contribution in [3.8, 4) is 11.6 Å². The molecule has 1 N–H and O–H groups in total. The van der Waals surface area contributed by atoms with Crippen molar-refractivity contribution in [1.29, 1.82) is 0 Å². The van der Waals surface area contributed by atoms with Crippen molar-refractivity contribution < 1.29 is 23.7 Å². The van der Waals surface area contributed by atoms with Crippen molar-refractivity contribution in [2.45, 2.75) is 24.8 Å². The molecular formula is C16H18N4O3S. The molecule has 3 aromatic rings. The lowest BCUT2D eigenvalue weighted by atomic mass is 10.1. The topological polar surface area (TPSA) is 96.0 Å². The van der Waals surface area contributed by atoms with Crippen LogP contribution in [0, 0.1) is 13.8 Å². The zero-order valence-electron chi connectivity index (χ0n) is 20.1. The summed E-state index contributed by atoms with van der Waals surface area (Å²) in [6.07, 6.45) is -0.227. The first-order chi connectivity index (χ1) is 14.4. The first-order valence-corrected chi connectivity index (χ1v) is 8.14. The van der Waals surface area contributed by atoms with Gasteiger partial charge in [0.2, 0.25) is 5.88 Å².